The normalized spacial score (nSPS) is 23.1. The second kappa shape index (κ2) is 4.78. The molecule has 2 fully saturated rings. The number of hydrogen-bond acceptors (Lipinski definition) is 2. The fraction of sp³-hybridized carbons (Fsp3) is 0.846. The number of carbonyl (C=O) groups excluding carboxylic acids is 1. The van der Waals surface area contributed by atoms with Crippen molar-refractivity contribution in [3.05, 3.63) is 0 Å². The second-order valence-corrected chi connectivity index (χ2v) is 5.80. The molecule has 2 aliphatic rings. The summed E-state index contributed by atoms with van der Waals surface area (Å²) in [6.45, 7) is 5.76. The second-order valence-electron chi connectivity index (χ2n) is 5.80. The van der Waals surface area contributed by atoms with Crippen LogP contribution in [0.3, 0.4) is 0 Å². The Morgan fingerprint density at radius 2 is 2.06 bits per heavy atom. The molecular weight excluding hydrogens is 232 g/mol. The van der Waals surface area contributed by atoms with Gasteiger partial charge in [-0.3, -0.25) is 4.79 Å². The van der Waals surface area contributed by atoms with E-state index in [2.05, 4.69) is 12.2 Å². The average molecular weight is 254 g/mol. The maximum absolute atomic E-state index is 11.8. The van der Waals surface area contributed by atoms with Gasteiger partial charge in [0.2, 0.25) is 0 Å². The van der Waals surface area contributed by atoms with Crippen LogP contribution < -0.4 is 5.32 Å². The summed E-state index contributed by atoms with van der Waals surface area (Å²) in [5.41, 5.74) is 0.355. The van der Waals surface area contributed by atoms with Gasteiger partial charge in [-0.1, -0.05) is 13.8 Å². The van der Waals surface area contributed by atoms with Gasteiger partial charge < -0.3 is 15.3 Å². The number of hydrogen-bond donors (Lipinski definition) is 2. The van der Waals surface area contributed by atoms with Crippen LogP contribution in [-0.2, 0) is 4.79 Å². The van der Waals surface area contributed by atoms with Crippen molar-refractivity contribution in [3.8, 4) is 0 Å². The van der Waals surface area contributed by atoms with Crippen LogP contribution >= 0.6 is 0 Å². The summed E-state index contributed by atoms with van der Waals surface area (Å²) >= 11 is 0. The van der Waals surface area contributed by atoms with E-state index in [1.54, 1.807) is 11.8 Å². The zero-order valence-corrected chi connectivity index (χ0v) is 11.1. The van der Waals surface area contributed by atoms with Crippen LogP contribution in [0.5, 0.6) is 0 Å². The van der Waals surface area contributed by atoms with E-state index in [1.807, 2.05) is 0 Å². The molecule has 0 aromatic carbocycles. The van der Waals surface area contributed by atoms with Crippen LogP contribution in [0, 0.1) is 17.3 Å². The Hall–Kier alpha value is -1.26. The molecule has 18 heavy (non-hydrogen) atoms. The van der Waals surface area contributed by atoms with E-state index < -0.39 is 5.97 Å². The molecule has 1 saturated heterocycles. The van der Waals surface area contributed by atoms with Gasteiger partial charge in [0.15, 0.2) is 0 Å². The monoisotopic (exact) mass is 254 g/mol. The molecule has 1 unspecified atom stereocenters. The maximum atomic E-state index is 11.8. The maximum Gasteiger partial charge on any atom is 0.317 e. The summed E-state index contributed by atoms with van der Waals surface area (Å²) in [6.07, 6.45) is 3.54. The van der Waals surface area contributed by atoms with E-state index >= 15 is 0 Å². The zero-order chi connectivity index (χ0) is 13.3. The predicted octanol–water partition coefficient (Wildman–Crippen LogP) is 1.54. The van der Waals surface area contributed by atoms with Crippen LogP contribution in [0.1, 0.15) is 33.1 Å². The molecule has 5 heteroatoms. The highest BCUT2D eigenvalue weighted by molar-refractivity contribution is 5.76. The van der Waals surface area contributed by atoms with E-state index in [0.717, 1.165) is 13.0 Å². The van der Waals surface area contributed by atoms with Gasteiger partial charge in [-0.05, 0) is 24.7 Å². The minimum atomic E-state index is -0.775. The standard InChI is InChI=1S/C13H22N2O3/c1-3-13(4-5-13)8-14-12(18)15-6-10(7-15)9(2)11(16)17/h9-10H,3-8H2,1-2H3,(H,14,18)(H,16,17). The number of urea groups is 1. The fourth-order valence-electron chi connectivity index (χ4n) is 2.40. The van der Waals surface area contributed by atoms with Gasteiger partial charge in [-0.15, -0.1) is 0 Å². The van der Waals surface area contributed by atoms with Gasteiger partial charge in [-0.25, -0.2) is 4.79 Å². The van der Waals surface area contributed by atoms with Crippen molar-refractivity contribution in [2.24, 2.45) is 17.3 Å². The lowest BCUT2D eigenvalue weighted by molar-refractivity contribution is -0.144. The van der Waals surface area contributed by atoms with Crippen LogP contribution in [0.25, 0.3) is 0 Å². The molecule has 1 aliphatic carbocycles. The van der Waals surface area contributed by atoms with Crippen molar-refractivity contribution in [3.63, 3.8) is 0 Å². The summed E-state index contributed by atoms with van der Waals surface area (Å²) in [5, 5.41) is 11.8. The van der Waals surface area contributed by atoms with Crippen LogP contribution in [0.2, 0.25) is 0 Å². The van der Waals surface area contributed by atoms with Crippen LogP contribution in [0.4, 0.5) is 4.79 Å². The molecule has 0 aromatic heterocycles. The lowest BCUT2D eigenvalue weighted by Gasteiger charge is -2.41. The SMILES string of the molecule is CCC1(CNC(=O)N2CC(C(C)C(=O)O)C2)CC1. The van der Waals surface area contributed by atoms with Crippen molar-refractivity contribution in [1.82, 2.24) is 10.2 Å². The summed E-state index contributed by atoms with van der Waals surface area (Å²) in [5.74, 6) is -1.03. The molecule has 0 spiro atoms. The Bertz CT molecular complexity index is 346. The van der Waals surface area contributed by atoms with E-state index in [9.17, 15) is 9.59 Å². The Morgan fingerprint density at radius 3 is 2.50 bits per heavy atom. The molecular formula is C13H22N2O3. The first-order valence-electron chi connectivity index (χ1n) is 6.73. The third kappa shape index (κ3) is 2.60. The zero-order valence-electron chi connectivity index (χ0n) is 11.1. The third-order valence-electron chi connectivity index (χ3n) is 4.62. The molecule has 1 atom stereocenters. The highest BCUT2D eigenvalue weighted by Gasteiger charge is 2.42. The van der Waals surface area contributed by atoms with E-state index in [1.165, 1.54) is 12.8 Å². The van der Waals surface area contributed by atoms with Gasteiger partial charge in [0.25, 0.3) is 0 Å². The molecule has 2 rings (SSSR count). The molecule has 1 saturated carbocycles. The summed E-state index contributed by atoms with van der Waals surface area (Å²) < 4.78 is 0. The molecule has 5 nitrogen and oxygen atoms in total. The van der Waals surface area contributed by atoms with Crippen molar-refractivity contribution in [2.45, 2.75) is 33.1 Å². The highest BCUT2D eigenvalue weighted by Crippen LogP contribution is 2.47. The van der Waals surface area contributed by atoms with E-state index in [0.29, 0.717) is 18.5 Å². The third-order valence-corrected chi connectivity index (χ3v) is 4.62. The van der Waals surface area contributed by atoms with Gasteiger partial charge in [0, 0.05) is 25.6 Å². The van der Waals surface area contributed by atoms with Crippen molar-refractivity contribution in [2.75, 3.05) is 19.6 Å². The Balaban J connectivity index is 1.69. The van der Waals surface area contributed by atoms with Gasteiger partial charge >= 0.3 is 12.0 Å². The van der Waals surface area contributed by atoms with Crippen LogP contribution in [0.15, 0.2) is 0 Å². The first kappa shape index (κ1) is 13.2. The van der Waals surface area contributed by atoms with E-state index in [4.69, 9.17) is 5.11 Å². The lowest BCUT2D eigenvalue weighted by Crippen LogP contribution is -2.57. The fourth-order valence-corrected chi connectivity index (χ4v) is 2.40. The van der Waals surface area contributed by atoms with Gasteiger partial charge in [0.05, 0.1) is 5.92 Å². The number of amides is 2. The summed E-state index contributed by atoms with van der Waals surface area (Å²) in [6, 6.07) is -0.0384. The van der Waals surface area contributed by atoms with Crippen LogP contribution in [-0.4, -0.2) is 41.6 Å². The van der Waals surface area contributed by atoms with Crippen molar-refractivity contribution in [1.29, 1.82) is 0 Å². The molecule has 2 N–H and O–H groups in total. The predicted molar refractivity (Wildman–Crippen MR) is 67.2 cm³/mol. The number of likely N-dealkylation sites (tertiary alicyclic amines) is 1. The smallest absolute Gasteiger partial charge is 0.317 e. The number of carbonyl (C=O) groups is 2. The largest absolute Gasteiger partial charge is 0.481 e. The lowest BCUT2D eigenvalue weighted by atomic mass is 9.87. The highest BCUT2D eigenvalue weighted by atomic mass is 16.4. The number of carboxylic acids is 1. The molecule has 2 amide bonds. The Kier molecular flexibility index (Phi) is 3.50. The van der Waals surface area contributed by atoms with Gasteiger partial charge in [0.1, 0.15) is 0 Å². The first-order valence-corrected chi connectivity index (χ1v) is 6.73. The minimum absolute atomic E-state index is 0.0384. The number of carboxylic acid groups (broad SMARTS) is 1. The van der Waals surface area contributed by atoms with Crippen molar-refractivity contribution < 1.29 is 14.7 Å². The number of nitrogens with one attached hydrogen (secondary N) is 1. The molecule has 1 heterocycles. The first-order chi connectivity index (χ1) is 8.47. The average Bonchev–Trinajstić information content (AvgIpc) is 3.04. The van der Waals surface area contributed by atoms with Gasteiger partial charge in [-0.2, -0.15) is 0 Å². The van der Waals surface area contributed by atoms with E-state index in [-0.39, 0.29) is 17.9 Å². The minimum Gasteiger partial charge on any atom is -0.481 e. The summed E-state index contributed by atoms with van der Waals surface area (Å²) in [4.78, 5) is 24.3. The summed E-state index contributed by atoms with van der Waals surface area (Å²) in [7, 11) is 0. The number of nitrogens with zero attached hydrogens (tertiary/aromatic N) is 1. The van der Waals surface area contributed by atoms with Crippen molar-refractivity contribution >= 4 is 12.0 Å². The quantitative estimate of drug-likeness (QED) is 0.782. The molecule has 0 aromatic rings. The Morgan fingerprint density at radius 1 is 1.44 bits per heavy atom. The molecule has 0 bridgehead atoms. The molecule has 102 valence electrons. The molecule has 1 aliphatic heterocycles. The number of rotatable bonds is 5. The Labute approximate surface area is 108 Å². The number of aliphatic carboxylic acids is 1. The molecule has 0 radical (unpaired) electrons. The topological polar surface area (TPSA) is 69.6 Å².